The Morgan fingerprint density at radius 2 is 2.12 bits per heavy atom. The number of aromatic nitrogens is 2. The molecular weight excluding hydrogens is 321 g/mol. The minimum absolute atomic E-state index is 0.142. The van der Waals surface area contributed by atoms with Crippen LogP contribution in [0, 0.1) is 6.92 Å². The van der Waals surface area contributed by atoms with Gasteiger partial charge in [0.2, 0.25) is 0 Å². The van der Waals surface area contributed by atoms with Crippen LogP contribution in [0.15, 0.2) is 24.4 Å². The predicted molar refractivity (Wildman–Crippen MR) is 81.7 cm³/mol. The minimum Gasteiger partial charge on any atom is -0.354 e. The number of halogens is 3. The predicted octanol–water partition coefficient (Wildman–Crippen LogP) is 2.03. The Bertz CT molecular complexity index is 733. The second-order valence-corrected chi connectivity index (χ2v) is 5.89. The van der Waals surface area contributed by atoms with Crippen LogP contribution in [0.5, 0.6) is 0 Å². The molecule has 5 nitrogen and oxygen atoms in total. The monoisotopic (exact) mass is 338 g/mol. The van der Waals surface area contributed by atoms with Gasteiger partial charge in [-0.05, 0) is 30.2 Å². The van der Waals surface area contributed by atoms with Crippen LogP contribution in [-0.2, 0) is 12.6 Å². The zero-order valence-electron chi connectivity index (χ0n) is 13.0. The fourth-order valence-electron chi connectivity index (χ4n) is 2.48. The Morgan fingerprint density at radius 3 is 2.67 bits per heavy atom. The summed E-state index contributed by atoms with van der Waals surface area (Å²) in [6.07, 6.45) is -2.81. The van der Waals surface area contributed by atoms with Gasteiger partial charge in [0.05, 0.1) is 6.04 Å². The number of aromatic amines is 1. The first kappa shape index (κ1) is 16.5. The Morgan fingerprint density at radius 1 is 1.38 bits per heavy atom. The van der Waals surface area contributed by atoms with E-state index >= 15 is 0 Å². The summed E-state index contributed by atoms with van der Waals surface area (Å²) in [5.41, 5.74) is 1.86. The quantitative estimate of drug-likeness (QED) is 0.799. The molecule has 128 valence electrons. The molecule has 0 unspecified atom stereocenters. The number of H-pyrrole nitrogens is 1. The van der Waals surface area contributed by atoms with Gasteiger partial charge in [-0.25, -0.2) is 0 Å². The lowest BCUT2D eigenvalue weighted by atomic mass is 10.1. The minimum atomic E-state index is -4.44. The number of carbonyl (C=O) groups excluding carboxylic acids is 1. The molecule has 1 aliphatic rings. The van der Waals surface area contributed by atoms with Gasteiger partial charge in [0, 0.05) is 31.4 Å². The second kappa shape index (κ2) is 6.27. The van der Waals surface area contributed by atoms with Crippen LogP contribution in [0.4, 0.5) is 13.2 Å². The van der Waals surface area contributed by atoms with Crippen molar-refractivity contribution in [1.29, 1.82) is 0 Å². The molecule has 1 aliphatic heterocycles. The molecule has 0 aliphatic carbocycles. The highest BCUT2D eigenvalue weighted by atomic mass is 19.4. The summed E-state index contributed by atoms with van der Waals surface area (Å²) in [6, 6.07) is 4.24. The summed E-state index contributed by atoms with van der Waals surface area (Å²) in [7, 11) is 0. The van der Waals surface area contributed by atoms with E-state index in [0.717, 1.165) is 30.4 Å². The third-order valence-corrected chi connectivity index (χ3v) is 3.99. The maximum Gasteiger partial charge on any atom is 0.433 e. The van der Waals surface area contributed by atoms with Crippen LogP contribution < -0.4 is 10.6 Å². The van der Waals surface area contributed by atoms with E-state index in [2.05, 4.69) is 20.6 Å². The second-order valence-electron chi connectivity index (χ2n) is 5.89. The van der Waals surface area contributed by atoms with Crippen molar-refractivity contribution in [1.82, 2.24) is 20.6 Å². The smallest absolute Gasteiger partial charge is 0.354 e. The lowest BCUT2D eigenvalue weighted by Gasteiger charge is -2.27. The highest BCUT2D eigenvalue weighted by Gasteiger charge is 2.32. The van der Waals surface area contributed by atoms with Crippen LogP contribution in [-0.4, -0.2) is 35.0 Å². The van der Waals surface area contributed by atoms with Gasteiger partial charge >= 0.3 is 6.18 Å². The third-order valence-electron chi connectivity index (χ3n) is 3.99. The molecule has 0 spiro atoms. The molecule has 0 bridgehead atoms. The van der Waals surface area contributed by atoms with Gasteiger partial charge < -0.3 is 15.6 Å². The van der Waals surface area contributed by atoms with Crippen molar-refractivity contribution < 1.29 is 18.0 Å². The summed E-state index contributed by atoms with van der Waals surface area (Å²) >= 11 is 0. The molecule has 24 heavy (non-hydrogen) atoms. The van der Waals surface area contributed by atoms with Crippen molar-refractivity contribution in [3.05, 3.63) is 52.6 Å². The fraction of sp³-hybridized carbons (Fsp3) is 0.375. The van der Waals surface area contributed by atoms with E-state index in [-0.39, 0.29) is 11.9 Å². The summed E-state index contributed by atoms with van der Waals surface area (Å²) < 4.78 is 37.6. The number of alkyl halides is 3. The summed E-state index contributed by atoms with van der Waals surface area (Å²) in [5.74, 6) is -0.179. The van der Waals surface area contributed by atoms with E-state index in [1.807, 2.05) is 6.92 Å². The molecule has 1 amide bonds. The van der Waals surface area contributed by atoms with Crippen LogP contribution in [0.1, 0.15) is 33.0 Å². The zero-order valence-corrected chi connectivity index (χ0v) is 13.0. The number of nitrogens with one attached hydrogen (secondary N) is 3. The van der Waals surface area contributed by atoms with E-state index in [9.17, 15) is 18.0 Å². The standard InChI is InChI=1S/C16H17F3N4O/c1-9-11(4-10-2-3-14(21-6-10)16(17,18)19)5-13(22-9)15(24)23-12-7-20-8-12/h2-3,5-6,12,20,22H,4,7-8H2,1H3,(H,23,24). The SMILES string of the molecule is Cc1[nH]c(C(=O)NC2CNC2)cc1Cc1ccc(C(F)(F)F)nc1. The summed E-state index contributed by atoms with van der Waals surface area (Å²) in [4.78, 5) is 18.6. The Balaban J connectivity index is 1.70. The van der Waals surface area contributed by atoms with E-state index in [4.69, 9.17) is 0 Å². The van der Waals surface area contributed by atoms with Gasteiger partial charge in [-0.3, -0.25) is 9.78 Å². The molecular formula is C16H17F3N4O. The first-order valence-corrected chi connectivity index (χ1v) is 7.55. The number of carbonyl (C=O) groups is 1. The van der Waals surface area contributed by atoms with Crippen molar-refractivity contribution in [3.8, 4) is 0 Å². The average molecular weight is 338 g/mol. The van der Waals surface area contributed by atoms with Crippen LogP contribution in [0.2, 0.25) is 0 Å². The largest absolute Gasteiger partial charge is 0.433 e. The molecule has 8 heteroatoms. The van der Waals surface area contributed by atoms with E-state index in [0.29, 0.717) is 17.7 Å². The van der Waals surface area contributed by atoms with Crippen LogP contribution in [0.3, 0.4) is 0 Å². The van der Waals surface area contributed by atoms with Gasteiger partial charge in [0.1, 0.15) is 11.4 Å². The molecule has 3 heterocycles. The van der Waals surface area contributed by atoms with Gasteiger partial charge in [0.25, 0.3) is 5.91 Å². The number of hydrogen-bond acceptors (Lipinski definition) is 3. The molecule has 0 radical (unpaired) electrons. The molecule has 1 fully saturated rings. The number of aryl methyl sites for hydroxylation is 1. The molecule has 0 atom stereocenters. The normalized spacial score (nSPS) is 15.2. The number of nitrogens with zero attached hydrogens (tertiary/aromatic N) is 1. The molecule has 1 saturated heterocycles. The van der Waals surface area contributed by atoms with Crippen molar-refractivity contribution in [2.24, 2.45) is 0 Å². The van der Waals surface area contributed by atoms with Crippen molar-refractivity contribution in [2.45, 2.75) is 25.6 Å². The lowest BCUT2D eigenvalue weighted by molar-refractivity contribution is -0.141. The summed E-state index contributed by atoms with van der Waals surface area (Å²) in [6.45, 7) is 3.35. The maximum absolute atomic E-state index is 12.5. The van der Waals surface area contributed by atoms with Gasteiger partial charge in [0.15, 0.2) is 0 Å². The van der Waals surface area contributed by atoms with Gasteiger partial charge in [-0.15, -0.1) is 0 Å². The van der Waals surface area contributed by atoms with Crippen molar-refractivity contribution in [3.63, 3.8) is 0 Å². The fourth-order valence-corrected chi connectivity index (χ4v) is 2.48. The Kier molecular flexibility index (Phi) is 4.31. The van der Waals surface area contributed by atoms with Gasteiger partial charge in [-0.1, -0.05) is 6.07 Å². The molecule has 3 rings (SSSR count). The maximum atomic E-state index is 12.5. The van der Waals surface area contributed by atoms with E-state index < -0.39 is 11.9 Å². The molecule has 2 aromatic rings. The van der Waals surface area contributed by atoms with Gasteiger partial charge in [-0.2, -0.15) is 13.2 Å². The molecule has 3 N–H and O–H groups in total. The van der Waals surface area contributed by atoms with Crippen molar-refractivity contribution in [2.75, 3.05) is 13.1 Å². The third kappa shape index (κ3) is 3.59. The molecule has 0 saturated carbocycles. The van der Waals surface area contributed by atoms with E-state index in [1.165, 1.54) is 12.3 Å². The molecule has 2 aromatic heterocycles. The van der Waals surface area contributed by atoms with Crippen molar-refractivity contribution >= 4 is 5.91 Å². The Labute approximate surface area is 136 Å². The molecule has 0 aromatic carbocycles. The average Bonchev–Trinajstić information content (AvgIpc) is 2.84. The Hall–Kier alpha value is -2.35. The number of amides is 1. The highest BCUT2D eigenvalue weighted by molar-refractivity contribution is 5.93. The number of hydrogen-bond donors (Lipinski definition) is 3. The highest BCUT2D eigenvalue weighted by Crippen LogP contribution is 2.27. The zero-order chi connectivity index (χ0) is 17.3. The number of rotatable bonds is 4. The topological polar surface area (TPSA) is 69.8 Å². The summed E-state index contributed by atoms with van der Waals surface area (Å²) in [5, 5.41) is 5.96. The lowest BCUT2D eigenvalue weighted by Crippen LogP contribution is -2.56. The number of pyridine rings is 1. The van der Waals surface area contributed by atoms with E-state index in [1.54, 1.807) is 6.07 Å². The van der Waals surface area contributed by atoms with Crippen LogP contribution in [0.25, 0.3) is 0 Å². The van der Waals surface area contributed by atoms with Crippen LogP contribution >= 0.6 is 0 Å². The first-order chi connectivity index (χ1) is 11.3. The first-order valence-electron chi connectivity index (χ1n) is 7.55.